The van der Waals surface area contributed by atoms with Crippen LogP contribution >= 0.6 is 0 Å². The first-order valence-electron chi connectivity index (χ1n) is 10.3. The van der Waals surface area contributed by atoms with Crippen molar-refractivity contribution in [3.63, 3.8) is 0 Å². The fourth-order valence-corrected chi connectivity index (χ4v) is 4.15. The van der Waals surface area contributed by atoms with Crippen molar-refractivity contribution in [2.24, 2.45) is 5.92 Å². The standard InChI is InChI=1S/C20H29F3N4O/c1-14-24-17(20(21,22)23)13-18(25-14)27-11-9-15(10-12-27)19(28)26-16-7-5-3-2-4-6-8-16/h13,15-16H,2-12H2,1H3,(H,26,28). The van der Waals surface area contributed by atoms with Gasteiger partial charge in [0.2, 0.25) is 5.91 Å². The molecule has 28 heavy (non-hydrogen) atoms. The minimum absolute atomic E-state index is 0.0771. The van der Waals surface area contributed by atoms with Crippen LogP contribution in [0.3, 0.4) is 0 Å². The first-order chi connectivity index (χ1) is 13.3. The van der Waals surface area contributed by atoms with Gasteiger partial charge in [0.1, 0.15) is 17.3 Å². The maximum atomic E-state index is 13.0. The topological polar surface area (TPSA) is 58.1 Å². The van der Waals surface area contributed by atoms with Crippen molar-refractivity contribution in [1.29, 1.82) is 0 Å². The molecule has 0 unspecified atom stereocenters. The molecule has 0 atom stereocenters. The number of amides is 1. The molecule has 0 radical (unpaired) electrons. The first-order valence-corrected chi connectivity index (χ1v) is 10.3. The number of hydrogen-bond donors (Lipinski definition) is 1. The van der Waals surface area contributed by atoms with Crippen molar-refractivity contribution in [3.8, 4) is 0 Å². The number of rotatable bonds is 3. The quantitative estimate of drug-likeness (QED) is 0.827. The Balaban J connectivity index is 1.55. The van der Waals surface area contributed by atoms with E-state index in [1.165, 1.54) is 26.2 Å². The summed E-state index contributed by atoms with van der Waals surface area (Å²) in [6.07, 6.45) is 4.96. The minimum atomic E-state index is -4.49. The van der Waals surface area contributed by atoms with Gasteiger partial charge in [-0.3, -0.25) is 4.79 Å². The molecule has 2 aliphatic rings. The van der Waals surface area contributed by atoms with Crippen LogP contribution < -0.4 is 10.2 Å². The molecule has 156 valence electrons. The Morgan fingerprint density at radius 1 is 1.04 bits per heavy atom. The minimum Gasteiger partial charge on any atom is -0.356 e. The maximum absolute atomic E-state index is 13.0. The van der Waals surface area contributed by atoms with Crippen molar-refractivity contribution >= 4 is 11.7 Å². The molecule has 1 saturated carbocycles. The highest BCUT2D eigenvalue weighted by atomic mass is 19.4. The van der Waals surface area contributed by atoms with Crippen molar-refractivity contribution in [2.75, 3.05) is 18.0 Å². The number of hydrogen-bond acceptors (Lipinski definition) is 4. The summed E-state index contributed by atoms with van der Waals surface area (Å²) in [5, 5.41) is 3.22. The predicted octanol–water partition coefficient (Wildman–Crippen LogP) is 4.25. The fourth-order valence-electron chi connectivity index (χ4n) is 4.15. The summed E-state index contributed by atoms with van der Waals surface area (Å²) in [4.78, 5) is 22.1. The number of nitrogens with one attached hydrogen (secondary N) is 1. The Bertz CT molecular complexity index is 664. The first kappa shape index (κ1) is 20.9. The smallest absolute Gasteiger partial charge is 0.356 e. The predicted molar refractivity (Wildman–Crippen MR) is 101 cm³/mol. The van der Waals surface area contributed by atoms with Crippen LogP contribution in [0.25, 0.3) is 0 Å². The van der Waals surface area contributed by atoms with Crippen LogP contribution in [-0.4, -0.2) is 35.0 Å². The van der Waals surface area contributed by atoms with Crippen LogP contribution in [0.2, 0.25) is 0 Å². The van der Waals surface area contributed by atoms with Crippen molar-refractivity contribution < 1.29 is 18.0 Å². The average Bonchev–Trinajstić information content (AvgIpc) is 2.62. The van der Waals surface area contributed by atoms with E-state index in [0.717, 1.165) is 31.7 Å². The average molecular weight is 398 g/mol. The molecule has 1 aromatic rings. The van der Waals surface area contributed by atoms with E-state index in [-0.39, 0.29) is 23.7 Å². The van der Waals surface area contributed by atoms with Gasteiger partial charge in [0, 0.05) is 31.1 Å². The van der Waals surface area contributed by atoms with Crippen LogP contribution in [0, 0.1) is 12.8 Å². The maximum Gasteiger partial charge on any atom is 0.433 e. The SMILES string of the molecule is Cc1nc(N2CCC(C(=O)NC3CCCCCCC3)CC2)cc(C(F)(F)F)n1. The van der Waals surface area contributed by atoms with Crippen molar-refractivity contribution in [1.82, 2.24) is 15.3 Å². The molecule has 2 heterocycles. The van der Waals surface area contributed by atoms with Gasteiger partial charge >= 0.3 is 6.18 Å². The summed E-state index contributed by atoms with van der Waals surface area (Å²) in [6, 6.07) is 1.27. The van der Waals surface area contributed by atoms with E-state index < -0.39 is 11.9 Å². The number of nitrogens with zero attached hydrogens (tertiary/aromatic N) is 3. The van der Waals surface area contributed by atoms with E-state index in [0.29, 0.717) is 31.7 Å². The van der Waals surface area contributed by atoms with E-state index in [1.54, 1.807) is 0 Å². The zero-order valence-corrected chi connectivity index (χ0v) is 16.4. The van der Waals surface area contributed by atoms with Crippen molar-refractivity contribution in [2.45, 2.75) is 76.9 Å². The van der Waals surface area contributed by atoms with E-state index in [1.807, 2.05) is 4.90 Å². The van der Waals surface area contributed by atoms with Crippen LogP contribution in [0.5, 0.6) is 0 Å². The molecule has 3 rings (SSSR count). The highest BCUT2D eigenvalue weighted by Gasteiger charge is 2.34. The molecule has 1 saturated heterocycles. The van der Waals surface area contributed by atoms with Gasteiger partial charge in [-0.15, -0.1) is 0 Å². The zero-order chi connectivity index (χ0) is 20.1. The second kappa shape index (κ2) is 9.09. The van der Waals surface area contributed by atoms with Gasteiger partial charge in [-0.05, 0) is 32.6 Å². The van der Waals surface area contributed by atoms with Gasteiger partial charge in [0.25, 0.3) is 0 Å². The molecular weight excluding hydrogens is 369 g/mol. The van der Waals surface area contributed by atoms with Crippen LogP contribution in [0.4, 0.5) is 19.0 Å². The number of alkyl halides is 3. The molecule has 1 aliphatic carbocycles. The number of halogens is 3. The molecule has 0 spiro atoms. The molecule has 5 nitrogen and oxygen atoms in total. The Hall–Kier alpha value is -1.86. The van der Waals surface area contributed by atoms with Crippen LogP contribution in [-0.2, 0) is 11.0 Å². The Morgan fingerprint density at radius 2 is 1.64 bits per heavy atom. The second-order valence-corrected chi connectivity index (χ2v) is 7.97. The van der Waals surface area contributed by atoms with Gasteiger partial charge in [-0.2, -0.15) is 13.2 Å². The zero-order valence-electron chi connectivity index (χ0n) is 16.4. The Labute approximate surface area is 164 Å². The highest BCUT2D eigenvalue weighted by Crippen LogP contribution is 2.31. The van der Waals surface area contributed by atoms with E-state index in [4.69, 9.17) is 0 Å². The van der Waals surface area contributed by atoms with E-state index in [9.17, 15) is 18.0 Å². The van der Waals surface area contributed by atoms with Gasteiger partial charge in [0.05, 0.1) is 0 Å². The number of carbonyl (C=O) groups is 1. The largest absolute Gasteiger partial charge is 0.433 e. The molecule has 1 aromatic heterocycles. The summed E-state index contributed by atoms with van der Waals surface area (Å²) in [6.45, 7) is 2.51. The summed E-state index contributed by atoms with van der Waals surface area (Å²) in [5.74, 6) is 0.416. The molecule has 8 heteroatoms. The lowest BCUT2D eigenvalue weighted by atomic mass is 9.93. The number of piperidine rings is 1. The van der Waals surface area contributed by atoms with Gasteiger partial charge in [0.15, 0.2) is 0 Å². The number of carbonyl (C=O) groups excluding carboxylic acids is 1. The molecule has 1 N–H and O–H groups in total. The van der Waals surface area contributed by atoms with E-state index >= 15 is 0 Å². The van der Waals surface area contributed by atoms with Crippen molar-refractivity contribution in [3.05, 3.63) is 17.6 Å². The lowest BCUT2D eigenvalue weighted by Gasteiger charge is -2.33. The van der Waals surface area contributed by atoms with E-state index in [2.05, 4.69) is 15.3 Å². The Morgan fingerprint density at radius 3 is 2.25 bits per heavy atom. The van der Waals surface area contributed by atoms with Crippen LogP contribution in [0.1, 0.15) is 69.3 Å². The molecule has 1 amide bonds. The van der Waals surface area contributed by atoms with Gasteiger partial charge < -0.3 is 10.2 Å². The summed E-state index contributed by atoms with van der Waals surface area (Å²) in [7, 11) is 0. The third-order valence-corrected chi connectivity index (χ3v) is 5.76. The monoisotopic (exact) mass is 398 g/mol. The third-order valence-electron chi connectivity index (χ3n) is 5.76. The summed E-state index contributed by atoms with van der Waals surface area (Å²) < 4.78 is 39.0. The normalized spacial score (nSPS) is 20.5. The summed E-state index contributed by atoms with van der Waals surface area (Å²) in [5.41, 5.74) is -0.917. The van der Waals surface area contributed by atoms with Gasteiger partial charge in [-0.25, -0.2) is 9.97 Å². The number of aromatic nitrogens is 2. The number of aryl methyl sites for hydroxylation is 1. The Kier molecular flexibility index (Phi) is 6.78. The molecular formula is C20H29F3N4O. The molecule has 2 fully saturated rings. The highest BCUT2D eigenvalue weighted by molar-refractivity contribution is 5.79. The lowest BCUT2D eigenvalue weighted by Crippen LogP contribution is -2.44. The molecule has 1 aliphatic heterocycles. The lowest BCUT2D eigenvalue weighted by molar-refractivity contribution is -0.141. The third kappa shape index (κ3) is 5.58. The molecule has 0 bridgehead atoms. The fraction of sp³-hybridized carbons (Fsp3) is 0.750. The number of anilines is 1. The van der Waals surface area contributed by atoms with Gasteiger partial charge in [-0.1, -0.05) is 32.1 Å². The molecule has 0 aromatic carbocycles. The van der Waals surface area contributed by atoms with Crippen LogP contribution in [0.15, 0.2) is 6.07 Å². The summed E-state index contributed by atoms with van der Waals surface area (Å²) >= 11 is 0. The second-order valence-electron chi connectivity index (χ2n) is 7.97.